The number of hydrogen-bond donors (Lipinski definition) is 2. The Hall–Kier alpha value is -2.67. The molecule has 6 nitrogen and oxygen atoms in total. The molecule has 0 saturated carbocycles. The second kappa shape index (κ2) is 8.14. The summed E-state index contributed by atoms with van der Waals surface area (Å²) in [5.41, 5.74) is 0.571. The SMILES string of the molecule is CC(C)S(=O)(=O)c1ccccc1C(=O)NCC(C(=O)O)c1ccccc1. The van der Waals surface area contributed by atoms with Gasteiger partial charge in [0.1, 0.15) is 0 Å². The van der Waals surface area contributed by atoms with E-state index in [1.807, 2.05) is 0 Å². The van der Waals surface area contributed by atoms with Gasteiger partial charge in [-0.05, 0) is 31.5 Å². The lowest BCUT2D eigenvalue weighted by molar-refractivity contribution is -0.138. The van der Waals surface area contributed by atoms with Crippen LogP contribution < -0.4 is 5.32 Å². The Kier molecular flexibility index (Phi) is 6.15. The summed E-state index contributed by atoms with van der Waals surface area (Å²) in [6.45, 7) is 2.94. The molecule has 0 aliphatic carbocycles. The predicted molar refractivity (Wildman–Crippen MR) is 97.9 cm³/mol. The molecule has 0 aliphatic rings. The Bertz CT molecular complexity index is 891. The van der Waals surface area contributed by atoms with Crippen molar-refractivity contribution in [2.45, 2.75) is 29.9 Å². The smallest absolute Gasteiger partial charge is 0.312 e. The lowest BCUT2D eigenvalue weighted by atomic mass is 9.99. The van der Waals surface area contributed by atoms with E-state index in [4.69, 9.17) is 0 Å². The van der Waals surface area contributed by atoms with Crippen LogP contribution in [0.15, 0.2) is 59.5 Å². The molecular weight excluding hydrogens is 354 g/mol. The highest BCUT2D eigenvalue weighted by Gasteiger charge is 2.26. The molecule has 0 saturated heterocycles. The molecule has 0 spiro atoms. The standard InChI is InChI=1S/C19H21NO5S/c1-13(2)26(24,25)17-11-7-6-10-15(17)18(21)20-12-16(19(22)23)14-8-4-3-5-9-14/h3-11,13,16H,12H2,1-2H3,(H,20,21)(H,22,23). The van der Waals surface area contributed by atoms with Crippen molar-refractivity contribution in [2.75, 3.05) is 6.54 Å². The van der Waals surface area contributed by atoms with Crippen LogP contribution in [0.1, 0.15) is 35.7 Å². The Labute approximate surface area is 152 Å². The summed E-state index contributed by atoms with van der Waals surface area (Å²) in [6.07, 6.45) is 0. The maximum atomic E-state index is 12.5. The number of carboxylic acid groups (broad SMARTS) is 1. The van der Waals surface area contributed by atoms with Gasteiger partial charge in [-0.3, -0.25) is 9.59 Å². The third-order valence-electron chi connectivity index (χ3n) is 4.03. The van der Waals surface area contributed by atoms with Crippen molar-refractivity contribution in [3.63, 3.8) is 0 Å². The van der Waals surface area contributed by atoms with Crippen LogP contribution in [0.2, 0.25) is 0 Å². The topological polar surface area (TPSA) is 101 Å². The van der Waals surface area contributed by atoms with E-state index in [2.05, 4.69) is 5.32 Å². The molecule has 1 atom stereocenters. The lowest BCUT2D eigenvalue weighted by Gasteiger charge is -2.16. The average molecular weight is 375 g/mol. The van der Waals surface area contributed by atoms with Gasteiger partial charge in [0.05, 0.1) is 21.6 Å². The minimum Gasteiger partial charge on any atom is -0.481 e. The number of nitrogens with one attached hydrogen (secondary N) is 1. The molecule has 2 aromatic rings. The van der Waals surface area contributed by atoms with Crippen molar-refractivity contribution < 1.29 is 23.1 Å². The highest BCUT2D eigenvalue weighted by atomic mass is 32.2. The zero-order valence-corrected chi connectivity index (χ0v) is 15.4. The van der Waals surface area contributed by atoms with Crippen LogP contribution in [0.4, 0.5) is 0 Å². The Morgan fingerprint density at radius 3 is 2.15 bits per heavy atom. The average Bonchev–Trinajstić information content (AvgIpc) is 2.62. The van der Waals surface area contributed by atoms with Gasteiger partial charge in [0.2, 0.25) is 0 Å². The number of amides is 1. The van der Waals surface area contributed by atoms with Gasteiger partial charge in [-0.1, -0.05) is 42.5 Å². The molecule has 0 aliphatic heterocycles. The molecule has 0 radical (unpaired) electrons. The minimum atomic E-state index is -3.64. The Morgan fingerprint density at radius 2 is 1.58 bits per heavy atom. The quantitative estimate of drug-likeness (QED) is 0.774. The maximum Gasteiger partial charge on any atom is 0.312 e. The van der Waals surface area contributed by atoms with E-state index in [0.717, 1.165) is 0 Å². The van der Waals surface area contributed by atoms with Gasteiger partial charge >= 0.3 is 5.97 Å². The minimum absolute atomic E-state index is 0.0124. The van der Waals surface area contributed by atoms with Crippen LogP contribution >= 0.6 is 0 Å². The van der Waals surface area contributed by atoms with Crippen molar-refractivity contribution in [2.24, 2.45) is 0 Å². The first-order chi connectivity index (χ1) is 12.2. The molecule has 0 heterocycles. The summed E-state index contributed by atoms with van der Waals surface area (Å²) < 4.78 is 24.9. The summed E-state index contributed by atoms with van der Waals surface area (Å²) in [5.74, 6) is -2.61. The molecule has 26 heavy (non-hydrogen) atoms. The summed E-state index contributed by atoms with van der Waals surface area (Å²) in [7, 11) is -3.64. The zero-order valence-electron chi connectivity index (χ0n) is 14.5. The van der Waals surface area contributed by atoms with E-state index >= 15 is 0 Å². The highest BCUT2D eigenvalue weighted by Crippen LogP contribution is 2.21. The molecule has 0 bridgehead atoms. The molecule has 0 aromatic heterocycles. The largest absolute Gasteiger partial charge is 0.481 e. The van der Waals surface area contributed by atoms with Gasteiger partial charge in [-0.25, -0.2) is 8.42 Å². The number of hydrogen-bond acceptors (Lipinski definition) is 4. The summed E-state index contributed by atoms with van der Waals surface area (Å²) in [6, 6.07) is 14.5. The van der Waals surface area contributed by atoms with Gasteiger partial charge < -0.3 is 10.4 Å². The first-order valence-corrected chi connectivity index (χ1v) is 9.68. The number of carboxylic acids is 1. The highest BCUT2D eigenvalue weighted by molar-refractivity contribution is 7.92. The second-order valence-corrected chi connectivity index (χ2v) is 8.57. The summed E-state index contributed by atoms with van der Waals surface area (Å²) >= 11 is 0. The fourth-order valence-corrected chi connectivity index (χ4v) is 3.72. The maximum absolute atomic E-state index is 12.5. The van der Waals surface area contributed by atoms with E-state index in [0.29, 0.717) is 5.56 Å². The van der Waals surface area contributed by atoms with Crippen molar-refractivity contribution in [1.29, 1.82) is 0 Å². The van der Waals surface area contributed by atoms with Crippen LogP contribution in [0.5, 0.6) is 0 Å². The normalized spacial score (nSPS) is 12.6. The van der Waals surface area contributed by atoms with Crippen LogP contribution in [-0.4, -0.2) is 37.2 Å². The fourth-order valence-electron chi connectivity index (χ4n) is 2.48. The fraction of sp³-hybridized carbons (Fsp3) is 0.263. The molecule has 1 amide bonds. The summed E-state index contributed by atoms with van der Waals surface area (Å²) in [5, 5.41) is 11.3. The van der Waals surface area contributed by atoms with Gasteiger partial charge in [0.15, 0.2) is 9.84 Å². The molecule has 0 fully saturated rings. The Balaban J connectivity index is 2.25. The lowest BCUT2D eigenvalue weighted by Crippen LogP contribution is -2.33. The van der Waals surface area contributed by atoms with E-state index < -0.39 is 32.9 Å². The van der Waals surface area contributed by atoms with Crippen LogP contribution in [0, 0.1) is 0 Å². The van der Waals surface area contributed by atoms with E-state index in [-0.39, 0.29) is 17.0 Å². The van der Waals surface area contributed by atoms with Gasteiger partial charge in [-0.15, -0.1) is 0 Å². The van der Waals surface area contributed by atoms with Crippen LogP contribution in [0.3, 0.4) is 0 Å². The number of benzene rings is 2. The first kappa shape index (κ1) is 19.7. The molecule has 2 N–H and O–H groups in total. The predicted octanol–water partition coefficient (Wildman–Crippen LogP) is 2.47. The molecule has 2 rings (SSSR count). The van der Waals surface area contributed by atoms with Gasteiger partial charge in [0.25, 0.3) is 5.91 Å². The third-order valence-corrected chi connectivity index (χ3v) is 6.24. The van der Waals surface area contributed by atoms with Gasteiger partial charge in [0, 0.05) is 6.54 Å². The summed E-state index contributed by atoms with van der Waals surface area (Å²) in [4.78, 5) is 24.0. The number of carbonyl (C=O) groups excluding carboxylic acids is 1. The Morgan fingerprint density at radius 1 is 1.00 bits per heavy atom. The van der Waals surface area contributed by atoms with Crippen LogP contribution in [-0.2, 0) is 14.6 Å². The van der Waals surface area contributed by atoms with Crippen molar-refractivity contribution in [1.82, 2.24) is 5.32 Å². The van der Waals surface area contributed by atoms with Crippen molar-refractivity contribution in [3.8, 4) is 0 Å². The number of rotatable bonds is 7. The van der Waals surface area contributed by atoms with Gasteiger partial charge in [-0.2, -0.15) is 0 Å². The number of aliphatic carboxylic acids is 1. The van der Waals surface area contributed by atoms with E-state index in [1.54, 1.807) is 56.3 Å². The van der Waals surface area contributed by atoms with Crippen LogP contribution in [0.25, 0.3) is 0 Å². The molecule has 2 aromatic carbocycles. The molecule has 1 unspecified atom stereocenters. The number of sulfone groups is 1. The second-order valence-electron chi connectivity index (χ2n) is 6.10. The zero-order chi connectivity index (χ0) is 19.3. The number of carbonyl (C=O) groups is 2. The van der Waals surface area contributed by atoms with E-state index in [9.17, 15) is 23.1 Å². The monoisotopic (exact) mass is 375 g/mol. The van der Waals surface area contributed by atoms with Crippen molar-refractivity contribution >= 4 is 21.7 Å². The molecular formula is C19H21NO5S. The third kappa shape index (κ3) is 4.29. The first-order valence-electron chi connectivity index (χ1n) is 8.14. The van der Waals surface area contributed by atoms with E-state index in [1.165, 1.54) is 12.1 Å². The van der Waals surface area contributed by atoms with Crippen molar-refractivity contribution in [3.05, 3.63) is 65.7 Å². The molecule has 7 heteroatoms. The molecule has 138 valence electrons.